The van der Waals surface area contributed by atoms with Gasteiger partial charge < -0.3 is 10.2 Å². The van der Waals surface area contributed by atoms with Gasteiger partial charge in [-0.2, -0.15) is 0 Å². The Hall–Kier alpha value is -0.340. The molecule has 2 aliphatic carbocycles. The minimum absolute atomic E-state index is 0.162. The van der Waals surface area contributed by atoms with Crippen molar-refractivity contribution in [2.45, 2.75) is 12.7 Å². The van der Waals surface area contributed by atoms with Gasteiger partial charge in [0.25, 0.3) is 0 Å². The lowest BCUT2D eigenvalue weighted by Crippen LogP contribution is -2.09. The van der Waals surface area contributed by atoms with Crippen LogP contribution >= 0.6 is 0 Å². The molecule has 0 aromatic heterocycles. The van der Waals surface area contributed by atoms with Gasteiger partial charge in [-0.15, -0.1) is 0 Å². The average molecular weight is 126 g/mol. The third kappa shape index (κ3) is 0.635. The summed E-state index contributed by atoms with van der Waals surface area (Å²) < 4.78 is 0. The van der Waals surface area contributed by atoms with Crippen LogP contribution in [0.3, 0.4) is 0 Å². The van der Waals surface area contributed by atoms with Crippen molar-refractivity contribution in [3.8, 4) is 0 Å². The summed E-state index contributed by atoms with van der Waals surface area (Å²) in [6, 6.07) is 0. The Balaban J connectivity index is 2.02. The normalized spacial score (nSPS) is 45.9. The lowest BCUT2D eigenvalue weighted by Gasteiger charge is -2.00. The molecule has 0 amide bonds. The third-order valence-electron chi connectivity index (χ3n) is 2.40. The molecule has 2 heteroatoms. The van der Waals surface area contributed by atoms with Crippen molar-refractivity contribution in [2.24, 2.45) is 17.8 Å². The molecule has 0 radical (unpaired) electrons. The van der Waals surface area contributed by atoms with Gasteiger partial charge in [-0.25, -0.2) is 0 Å². The lowest BCUT2D eigenvalue weighted by atomic mass is 10.2. The van der Waals surface area contributed by atoms with Crippen LogP contribution in [0.4, 0.5) is 0 Å². The molecule has 0 aliphatic heterocycles. The third-order valence-corrected chi connectivity index (χ3v) is 2.40. The van der Waals surface area contributed by atoms with E-state index in [1.165, 1.54) is 0 Å². The van der Waals surface area contributed by atoms with E-state index in [-0.39, 0.29) is 5.92 Å². The van der Waals surface area contributed by atoms with Crippen LogP contribution in [0.2, 0.25) is 0 Å². The van der Waals surface area contributed by atoms with Crippen LogP contribution in [-0.2, 0) is 0 Å². The van der Waals surface area contributed by atoms with Crippen molar-refractivity contribution < 1.29 is 10.2 Å². The fourth-order valence-electron chi connectivity index (χ4n) is 1.83. The monoisotopic (exact) mass is 126 g/mol. The first-order valence-corrected chi connectivity index (χ1v) is 3.33. The van der Waals surface area contributed by atoms with Gasteiger partial charge in [-0.1, -0.05) is 12.2 Å². The Kier molecular flexibility index (Phi) is 0.957. The molecule has 9 heavy (non-hydrogen) atoms. The summed E-state index contributed by atoms with van der Waals surface area (Å²) in [6.45, 7) is 0. The fraction of sp³-hybridized carbons (Fsp3) is 0.714. The molecule has 2 aliphatic rings. The molecule has 2 rings (SSSR count). The summed E-state index contributed by atoms with van der Waals surface area (Å²) in [5.74, 6) is 1.21. The number of aliphatic hydroxyl groups is 2. The van der Waals surface area contributed by atoms with Crippen LogP contribution in [-0.4, -0.2) is 16.5 Å². The molecule has 0 bridgehead atoms. The first kappa shape index (κ1) is 5.45. The molecule has 0 spiro atoms. The summed E-state index contributed by atoms with van der Waals surface area (Å²) >= 11 is 0. The standard InChI is InChI=1S/C7H10O2/c8-7(9)6-4-2-1-3-5(4)6/h1-2,4-9H,3H2. The van der Waals surface area contributed by atoms with E-state index >= 15 is 0 Å². The highest BCUT2D eigenvalue weighted by molar-refractivity contribution is 5.17. The van der Waals surface area contributed by atoms with E-state index in [4.69, 9.17) is 10.2 Å². The molecule has 3 atom stereocenters. The number of fused-ring (bicyclic) bond motifs is 1. The average Bonchev–Trinajstić information content (AvgIpc) is 2.30. The lowest BCUT2D eigenvalue weighted by molar-refractivity contribution is -0.0623. The summed E-state index contributed by atoms with van der Waals surface area (Å²) in [6.07, 6.45) is 4.18. The minimum Gasteiger partial charge on any atom is -0.368 e. The van der Waals surface area contributed by atoms with E-state index in [2.05, 4.69) is 12.2 Å². The Morgan fingerprint density at radius 3 is 2.56 bits per heavy atom. The molecule has 0 saturated heterocycles. The Labute approximate surface area is 53.8 Å². The number of allylic oxidation sites excluding steroid dienone is 2. The zero-order chi connectivity index (χ0) is 6.43. The van der Waals surface area contributed by atoms with E-state index in [1.54, 1.807) is 0 Å². The van der Waals surface area contributed by atoms with Crippen LogP contribution < -0.4 is 0 Å². The Morgan fingerprint density at radius 1 is 1.44 bits per heavy atom. The van der Waals surface area contributed by atoms with Gasteiger partial charge in [-0.3, -0.25) is 0 Å². The van der Waals surface area contributed by atoms with E-state index in [9.17, 15) is 0 Å². The number of hydrogen-bond acceptors (Lipinski definition) is 2. The van der Waals surface area contributed by atoms with Crippen LogP contribution in [0.15, 0.2) is 12.2 Å². The molecule has 0 heterocycles. The van der Waals surface area contributed by atoms with Crippen molar-refractivity contribution >= 4 is 0 Å². The van der Waals surface area contributed by atoms with Gasteiger partial charge in [0.1, 0.15) is 0 Å². The van der Waals surface area contributed by atoms with Crippen LogP contribution in [0.1, 0.15) is 6.42 Å². The van der Waals surface area contributed by atoms with Crippen molar-refractivity contribution in [3.05, 3.63) is 12.2 Å². The van der Waals surface area contributed by atoms with Crippen LogP contribution in [0.5, 0.6) is 0 Å². The molecular weight excluding hydrogens is 116 g/mol. The molecular formula is C7H10O2. The summed E-state index contributed by atoms with van der Waals surface area (Å²) in [5, 5.41) is 17.4. The molecule has 50 valence electrons. The Bertz CT molecular complexity index is 151. The quantitative estimate of drug-likeness (QED) is 0.387. The van der Waals surface area contributed by atoms with Crippen molar-refractivity contribution in [3.63, 3.8) is 0 Å². The predicted octanol–water partition coefficient (Wildman–Crippen LogP) is 0.119. The maximum absolute atomic E-state index is 8.72. The maximum Gasteiger partial charge on any atom is 0.155 e. The highest BCUT2D eigenvalue weighted by Crippen LogP contribution is 2.54. The minimum atomic E-state index is -1.08. The first-order chi connectivity index (χ1) is 4.30. The van der Waals surface area contributed by atoms with E-state index < -0.39 is 6.29 Å². The SMILES string of the molecule is OC(O)C1C2C=CCC21. The van der Waals surface area contributed by atoms with Crippen molar-refractivity contribution in [1.82, 2.24) is 0 Å². The highest BCUT2D eigenvalue weighted by atomic mass is 16.5. The van der Waals surface area contributed by atoms with Crippen molar-refractivity contribution in [1.29, 1.82) is 0 Å². The van der Waals surface area contributed by atoms with E-state index in [1.807, 2.05) is 0 Å². The predicted molar refractivity (Wildman–Crippen MR) is 32.5 cm³/mol. The maximum atomic E-state index is 8.72. The largest absolute Gasteiger partial charge is 0.368 e. The van der Waals surface area contributed by atoms with Gasteiger partial charge in [0.05, 0.1) is 0 Å². The van der Waals surface area contributed by atoms with Crippen LogP contribution in [0, 0.1) is 17.8 Å². The smallest absolute Gasteiger partial charge is 0.155 e. The Morgan fingerprint density at radius 2 is 2.22 bits per heavy atom. The van der Waals surface area contributed by atoms with Gasteiger partial charge in [0.2, 0.25) is 0 Å². The second-order valence-corrected chi connectivity index (χ2v) is 2.90. The van der Waals surface area contributed by atoms with Gasteiger partial charge in [-0.05, 0) is 18.3 Å². The second kappa shape index (κ2) is 1.58. The first-order valence-electron chi connectivity index (χ1n) is 3.33. The number of aliphatic hydroxyl groups excluding tert-OH is 1. The van der Waals surface area contributed by atoms with E-state index in [0.29, 0.717) is 11.8 Å². The van der Waals surface area contributed by atoms with Crippen molar-refractivity contribution in [2.75, 3.05) is 0 Å². The van der Waals surface area contributed by atoms with Gasteiger partial charge in [0, 0.05) is 5.92 Å². The summed E-state index contributed by atoms with van der Waals surface area (Å²) in [5.41, 5.74) is 0. The molecule has 1 fully saturated rings. The highest BCUT2D eigenvalue weighted by Gasteiger charge is 2.53. The molecule has 3 unspecified atom stereocenters. The molecule has 0 aromatic carbocycles. The van der Waals surface area contributed by atoms with E-state index in [0.717, 1.165) is 6.42 Å². The zero-order valence-corrected chi connectivity index (χ0v) is 5.07. The summed E-state index contributed by atoms with van der Waals surface area (Å²) in [7, 11) is 0. The number of hydrogen-bond donors (Lipinski definition) is 2. The second-order valence-electron chi connectivity index (χ2n) is 2.90. The topological polar surface area (TPSA) is 40.5 Å². The summed E-state index contributed by atoms with van der Waals surface area (Å²) in [4.78, 5) is 0. The molecule has 1 saturated carbocycles. The molecule has 2 nitrogen and oxygen atoms in total. The molecule has 0 aromatic rings. The number of rotatable bonds is 1. The molecule has 2 N–H and O–H groups in total. The van der Waals surface area contributed by atoms with Gasteiger partial charge >= 0.3 is 0 Å². The fourth-order valence-corrected chi connectivity index (χ4v) is 1.83. The zero-order valence-electron chi connectivity index (χ0n) is 5.07. The van der Waals surface area contributed by atoms with Crippen LogP contribution in [0.25, 0.3) is 0 Å². The van der Waals surface area contributed by atoms with Gasteiger partial charge in [0.15, 0.2) is 6.29 Å².